The van der Waals surface area contributed by atoms with Gasteiger partial charge >= 0.3 is 0 Å². The molecule has 0 radical (unpaired) electrons. The zero-order valence-electron chi connectivity index (χ0n) is 17.0. The number of aliphatic imine (C=N–C) groups is 2. The highest BCUT2D eigenvalue weighted by atomic mass is 32.2. The van der Waals surface area contributed by atoms with Crippen LogP contribution in [0.25, 0.3) is 0 Å². The summed E-state index contributed by atoms with van der Waals surface area (Å²) in [7, 11) is 3.37. The zero-order chi connectivity index (χ0) is 20.8. The second kappa shape index (κ2) is 9.74. The number of amidine groups is 2. The second-order valence-electron chi connectivity index (χ2n) is 7.25. The summed E-state index contributed by atoms with van der Waals surface area (Å²) in [4.78, 5) is 21.1. The Morgan fingerprint density at radius 3 is 1.69 bits per heavy atom. The number of thioether (sulfide) groups is 1. The fraction of sp³-hybridized carbons (Fsp3) is 0.348. The maximum Gasteiger partial charge on any atom is 0.148 e. The van der Waals surface area contributed by atoms with Crippen LogP contribution in [0.1, 0.15) is 12.8 Å². The molecule has 0 amide bonds. The molecule has 1 fully saturated rings. The van der Waals surface area contributed by atoms with Gasteiger partial charge in [-0.05, 0) is 24.0 Å². The molecular weight excluding hydrogens is 380 g/mol. The lowest BCUT2D eigenvalue weighted by molar-refractivity contribution is -0.123. The first-order chi connectivity index (χ1) is 14.0. The summed E-state index contributed by atoms with van der Waals surface area (Å²) < 4.78 is 0. The monoisotopic (exact) mass is 408 g/mol. The standard InChI is InChI=1S/C23H28N4OS/c1-26-22(24)17-7-3-15(4-8-17)11-19-13-29-14-20(21(19)28)12-16-5-9-18(10-6-16)23(25)27-2/h3,5,7-12,19-20H,4,6,13-14H2,1-2H3,(H2,24,26)(H2,25,27)/b15-11+,16-12?. The highest BCUT2D eigenvalue weighted by Gasteiger charge is 2.29. The smallest absolute Gasteiger partial charge is 0.148 e. The van der Waals surface area contributed by atoms with E-state index in [4.69, 9.17) is 11.5 Å². The topological polar surface area (TPSA) is 93.8 Å². The first-order valence-corrected chi connectivity index (χ1v) is 10.9. The molecule has 1 saturated heterocycles. The van der Waals surface area contributed by atoms with Gasteiger partial charge in [-0.1, -0.05) is 48.6 Å². The molecule has 5 nitrogen and oxygen atoms in total. The minimum atomic E-state index is -0.0519. The number of carbonyl (C=O) groups excluding carboxylic acids is 1. The van der Waals surface area contributed by atoms with E-state index < -0.39 is 0 Å². The Bertz CT molecular complexity index is 843. The number of hydrogen-bond donors (Lipinski definition) is 2. The fourth-order valence-corrected chi connectivity index (χ4v) is 4.71. The lowest BCUT2D eigenvalue weighted by atomic mass is 9.88. The molecule has 0 saturated carbocycles. The third-order valence-electron chi connectivity index (χ3n) is 5.30. The second-order valence-corrected chi connectivity index (χ2v) is 8.32. The van der Waals surface area contributed by atoms with Crippen molar-refractivity contribution in [3.63, 3.8) is 0 Å². The van der Waals surface area contributed by atoms with E-state index in [2.05, 4.69) is 34.3 Å². The third-order valence-corrected chi connectivity index (χ3v) is 6.49. The molecule has 0 spiro atoms. The average molecular weight is 409 g/mol. The van der Waals surface area contributed by atoms with Crippen molar-refractivity contribution in [2.24, 2.45) is 33.3 Å². The molecule has 2 aliphatic carbocycles. The predicted molar refractivity (Wildman–Crippen MR) is 124 cm³/mol. The number of allylic oxidation sites excluding steroid dienone is 8. The van der Waals surface area contributed by atoms with Crippen LogP contribution in [0.15, 0.2) is 80.9 Å². The summed E-state index contributed by atoms with van der Waals surface area (Å²) in [6, 6.07) is 0. The van der Waals surface area contributed by atoms with Crippen LogP contribution in [0.2, 0.25) is 0 Å². The molecule has 152 valence electrons. The van der Waals surface area contributed by atoms with Crippen molar-refractivity contribution >= 4 is 29.2 Å². The van der Waals surface area contributed by atoms with Crippen LogP contribution < -0.4 is 11.5 Å². The summed E-state index contributed by atoms with van der Waals surface area (Å²) >= 11 is 1.84. The SMILES string of the molecule is CN=C(N)C1=CCC(=CC2CSCC(/C=C3\C=CC(C(N)=NC)=CC3)C2=O)C=C1. The largest absolute Gasteiger partial charge is 0.384 e. The number of Topliss-reactive ketones (excluding diaryl/α,β-unsaturated/α-hetero) is 1. The van der Waals surface area contributed by atoms with E-state index in [0.29, 0.717) is 17.5 Å². The molecule has 4 N–H and O–H groups in total. The van der Waals surface area contributed by atoms with Gasteiger partial charge in [-0.15, -0.1) is 0 Å². The Kier molecular flexibility index (Phi) is 7.09. The minimum Gasteiger partial charge on any atom is -0.384 e. The number of rotatable bonds is 4. The Hall–Kier alpha value is -2.60. The molecule has 2 atom stereocenters. The van der Waals surface area contributed by atoms with E-state index in [-0.39, 0.29) is 11.8 Å². The molecule has 0 aromatic rings. The Morgan fingerprint density at radius 1 is 0.897 bits per heavy atom. The zero-order valence-corrected chi connectivity index (χ0v) is 17.8. The fourth-order valence-electron chi connectivity index (χ4n) is 3.55. The van der Waals surface area contributed by atoms with Gasteiger partial charge in [0.15, 0.2) is 0 Å². The summed E-state index contributed by atoms with van der Waals surface area (Å²) in [5.74, 6) is 2.97. The van der Waals surface area contributed by atoms with Gasteiger partial charge < -0.3 is 11.5 Å². The highest BCUT2D eigenvalue weighted by molar-refractivity contribution is 7.99. The van der Waals surface area contributed by atoms with Gasteiger partial charge in [0.2, 0.25) is 0 Å². The molecule has 0 bridgehead atoms. The van der Waals surface area contributed by atoms with Crippen molar-refractivity contribution in [3.8, 4) is 0 Å². The summed E-state index contributed by atoms with van der Waals surface area (Å²) in [5, 5.41) is 0. The molecular formula is C23H28N4OS. The Balaban J connectivity index is 1.66. The number of ketones is 1. The molecule has 2 unspecified atom stereocenters. The maximum absolute atomic E-state index is 13.1. The van der Waals surface area contributed by atoms with Gasteiger partial charge in [0.05, 0.1) is 0 Å². The minimum absolute atomic E-state index is 0.0519. The molecule has 6 heteroatoms. The van der Waals surface area contributed by atoms with E-state index in [9.17, 15) is 4.79 Å². The average Bonchev–Trinajstić information content (AvgIpc) is 2.76. The van der Waals surface area contributed by atoms with Gasteiger partial charge in [-0.3, -0.25) is 14.8 Å². The number of carbonyl (C=O) groups is 1. The van der Waals surface area contributed by atoms with Crippen LogP contribution in [-0.2, 0) is 4.79 Å². The van der Waals surface area contributed by atoms with Crippen LogP contribution in [0.4, 0.5) is 0 Å². The van der Waals surface area contributed by atoms with E-state index in [1.807, 2.05) is 36.1 Å². The van der Waals surface area contributed by atoms with Gasteiger partial charge in [-0.2, -0.15) is 11.8 Å². The van der Waals surface area contributed by atoms with Crippen molar-refractivity contribution in [1.29, 1.82) is 0 Å². The molecule has 3 aliphatic rings. The third kappa shape index (κ3) is 5.26. The number of nitrogens with zero attached hydrogens (tertiary/aromatic N) is 2. The van der Waals surface area contributed by atoms with Crippen molar-refractivity contribution in [2.75, 3.05) is 25.6 Å². The predicted octanol–water partition coefficient (Wildman–Crippen LogP) is 3.13. The summed E-state index contributed by atoms with van der Waals surface area (Å²) in [6.07, 6.45) is 18.0. The highest BCUT2D eigenvalue weighted by Crippen LogP contribution is 2.30. The number of nitrogens with two attached hydrogens (primary N) is 2. The molecule has 0 aromatic heterocycles. The van der Waals surface area contributed by atoms with E-state index in [0.717, 1.165) is 46.6 Å². The summed E-state index contributed by atoms with van der Waals surface area (Å²) in [6.45, 7) is 0. The normalized spacial score (nSPS) is 28.7. The maximum atomic E-state index is 13.1. The first kappa shape index (κ1) is 21.1. The van der Waals surface area contributed by atoms with Crippen LogP contribution in [0.5, 0.6) is 0 Å². The van der Waals surface area contributed by atoms with Crippen LogP contribution in [-0.4, -0.2) is 43.1 Å². The van der Waals surface area contributed by atoms with Crippen molar-refractivity contribution in [2.45, 2.75) is 12.8 Å². The molecule has 3 rings (SSSR count). The lowest BCUT2D eigenvalue weighted by Gasteiger charge is -2.25. The molecule has 29 heavy (non-hydrogen) atoms. The first-order valence-electron chi connectivity index (χ1n) is 9.76. The van der Waals surface area contributed by atoms with Gasteiger partial charge in [0.25, 0.3) is 0 Å². The van der Waals surface area contributed by atoms with Crippen LogP contribution in [0, 0.1) is 11.8 Å². The molecule has 1 heterocycles. The summed E-state index contributed by atoms with van der Waals surface area (Å²) in [5.41, 5.74) is 15.9. The van der Waals surface area contributed by atoms with Gasteiger partial charge in [-0.25, -0.2) is 0 Å². The van der Waals surface area contributed by atoms with Crippen molar-refractivity contribution < 1.29 is 4.79 Å². The lowest BCUT2D eigenvalue weighted by Crippen LogP contribution is -2.30. The quantitative estimate of drug-likeness (QED) is 0.552. The van der Waals surface area contributed by atoms with Gasteiger partial charge in [0.1, 0.15) is 17.5 Å². The van der Waals surface area contributed by atoms with Crippen molar-refractivity contribution in [3.05, 3.63) is 70.9 Å². The molecule has 0 aromatic carbocycles. The van der Waals surface area contributed by atoms with Crippen molar-refractivity contribution in [1.82, 2.24) is 0 Å². The Labute approximate surface area is 176 Å². The van der Waals surface area contributed by atoms with E-state index >= 15 is 0 Å². The van der Waals surface area contributed by atoms with Gasteiger partial charge in [0, 0.05) is 48.6 Å². The Morgan fingerprint density at radius 2 is 1.34 bits per heavy atom. The molecule has 1 aliphatic heterocycles. The number of hydrogen-bond acceptors (Lipinski definition) is 4. The van der Waals surface area contributed by atoms with Crippen LogP contribution >= 0.6 is 11.8 Å². The van der Waals surface area contributed by atoms with Crippen LogP contribution in [0.3, 0.4) is 0 Å². The van der Waals surface area contributed by atoms with E-state index in [1.165, 1.54) is 0 Å². The van der Waals surface area contributed by atoms with E-state index in [1.54, 1.807) is 14.1 Å².